The highest BCUT2D eigenvalue weighted by atomic mass is 16.6. The van der Waals surface area contributed by atoms with E-state index in [0.29, 0.717) is 43.7 Å². The van der Waals surface area contributed by atoms with Crippen molar-refractivity contribution in [1.82, 2.24) is 16.0 Å². The summed E-state index contributed by atoms with van der Waals surface area (Å²) in [6, 6.07) is 15.8. The number of amides is 1. The smallest absolute Gasteiger partial charge is 0.407 e. The van der Waals surface area contributed by atoms with Crippen LogP contribution in [0.3, 0.4) is 0 Å². The van der Waals surface area contributed by atoms with Gasteiger partial charge in [-0.2, -0.15) is 0 Å². The number of carbonyl (C=O) groups is 1. The summed E-state index contributed by atoms with van der Waals surface area (Å²) in [5, 5.41) is 9.09. The maximum absolute atomic E-state index is 11.7. The highest BCUT2D eigenvalue weighted by molar-refractivity contribution is 5.79. The molecule has 0 aliphatic heterocycles. The number of hydrogen-bond acceptors (Lipinski definition) is 5. The fraction of sp³-hybridized carbons (Fsp3) is 0.417. The van der Waals surface area contributed by atoms with Crippen molar-refractivity contribution in [1.29, 1.82) is 0 Å². The number of benzene rings is 2. The normalized spacial score (nSPS) is 11.5. The molecule has 2 rings (SSSR count). The SMILES string of the molecule is CN=C(NCCNC(=O)OC(C)(C)C)NCc1ccc(OCc2ccccc2)c(OC)c1. The zero-order valence-corrected chi connectivity index (χ0v) is 19.5. The molecule has 1 amide bonds. The minimum absolute atomic E-state index is 0.414. The zero-order valence-electron chi connectivity index (χ0n) is 19.5. The molecular formula is C24H34N4O4. The van der Waals surface area contributed by atoms with Gasteiger partial charge in [0.2, 0.25) is 0 Å². The van der Waals surface area contributed by atoms with Crippen molar-refractivity contribution in [3.05, 3.63) is 59.7 Å². The Labute approximate surface area is 190 Å². The van der Waals surface area contributed by atoms with Crippen LogP contribution in [0.25, 0.3) is 0 Å². The van der Waals surface area contributed by atoms with E-state index in [4.69, 9.17) is 14.2 Å². The second-order valence-corrected chi connectivity index (χ2v) is 8.04. The van der Waals surface area contributed by atoms with Crippen LogP contribution in [0.2, 0.25) is 0 Å². The van der Waals surface area contributed by atoms with Crippen LogP contribution in [0, 0.1) is 0 Å². The minimum Gasteiger partial charge on any atom is -0.493 e. The van der Waals surface area contributed by atoms with Gasteiger partial charge in [0.1, 0.15) is 12.2 Å². The molecule has 0 aliphatic carbocycles. The Morgan fingerprint density at radius 3 is 2.31 bits per heavy atom. The summed E-state index contributed by atoms with van der Waals surface area (Å²) in [6.07, 6.45) is -0.441. The summed E-state index contributed by atoms with van der Waals surface area (Å²) in [6.45, 7) is 7.43. The van der Waals surface area contributed by atoms with Crippen LogP contribution in [0.15, 0.2) is 53.5 Å². The molecule has 0 aromatic heterocycles. The van der Waals surface area contributed by atoms with Gasteiger partial charge in [-0.15, -0.1) is 0 Å². The van der Waals surface area contributed by atoms with Crippen molar-refractivity contribution in [3.8, 4) is 11.5 Å². The number of hydrogen-bond donors (Lipinski definition) is 3. The van der Waals surface area contributed by atoms with E-state index in [0.717, 1.165) is 11.1 Å². The highest BCUT2D eigenvalue weighted by Crippen LogP contribution is 2.28. The number of nitrogens with one attached hydrogen (secondary N) is 3. The third kappa shape index (κ3) is 9.16. The van der Waals surface area contributed by atoms with Crippen molar-refractivity contribution in [2.24, 2.45) is 4.99 Å². The Hall–Kier alpha value is -3.42. The third-order valence-corrected chi connectivity index (χ3v) is 4.23. The molecule has 8 heteroatoms. The molecule has 174 valence electrons. The van der Waals surface area contributed by atoms with Gasteiger partial charge in [-0.1, -0.05) is 36.4 Å². The lowest BCUT2D eigenvalue weighted by Crippen LogP contribution is -2.42. The Kier molecular flexibility index (Phi) is 9.66. The minimum atomic E-state index is -0.516. The van der Waals surface area contributed by atoms with E-state index in [1.165, 1.54) is 0 Å². The maximum atomic E-state index is 11.7. The topological polar surface area (TPSA) is 93.2 Å². The summed E-state index contributed by atoms with van der Waals surface area (Å²) in [5.74, 6) is 1.99. The molecule has 0 saturated heterocycles. The van der Waals surface area contributed by atoms with Crippen LogP contribution in [0.4, 0.5) is 4.79 Å². The van der Waals surface area contributed by atoms with E-state index in [1.807, 2.05) is 69.3 Å². The Morgan fingerprint density at radius 1 is 0.938 bits per heavy atom. The number of carbonyl (C=O) groups excluding carboxylic acids is 1. The lowest BCUT2D eigenvalue weighted by atomic mass is 10.2. The van der Waals surface area contributed by atoms with Crippen LogP contribution in [-0.4, -0.2) is 44.9 Å². The summed E-state index contributed by atoms with van der Waals surface area (Å²) in [5.41, 5.74) is 1.60. The summed E-state index contributed by atoms with van der Waals surface area (Å²) >= 11 is 0. The Morgan fingerprint density at radius 2 is 1.66 bits per heavy atom. The zero-order chi connectivity index (χ0) is 23.4. The number of rotatable bonds is 9. The number of methoxy groups -OCH3 is 1. The van der Waals surface area contributed by atoms with E-state index < -0.39 is 11.7 Å². The Balaban J connectivity index is 1.79. The van der Waals surface area contributed by atoms with Gasteiger partial charge in [0.15, 0.2) is 17.5 Å². The van der Waals surface area contributed by atoms with E-state index in [9.17, 15) is 4.79 Å². The van der Waals surface area contributed by atoms with Crippen LogP contribution in [0.1, 0.15) is 31.9 Å². The van der Waals surface area contributed by atoms with Gasteiger partial charge in [-0.05, 0) is 44.0 Å². The molecule has 0 aliphatic rings. The average Bonchev–Trinajstić information content (AvgIpc) is 2.77. The van der Waals surface area contributed by atoms with Crippen LogP contribution >= 0.6 is 0 Å². The van der Waals surface area contributed by atoms with Crippen molar-refractivity contribution < 1.29 is 19.0 Å². The Bertz CT molecular complexity index is 879. The lowest BCUT2D eigenvalue weighted by Gasteiger charge is -2.20. The maximum Gasteiger partial charge on any atom is 0.407 e. The van der Waals surface area contributed by atoms with Crippen molar-refractivity contribution in [3.63, 3.8) is 0 Å². The summed E-state index contributed by atoms with van der Waals surface area (Å²) in [7, 11) is 3.32. The standard InChI is InChI=1S/C24H34N4O4/c1-24(2,3)32-23(29)27-14-13-26-22(25-4)28-16-19-11-12-20(21(15-19)30-5)31-17-18-9-7-6-8-10-18/h6-12,15H,13-14,16-17H2,1-5H3,(H,27,29)(H2,25,26,28). The molecule has 2 aromatic rings. The number of alkyl carbamates (subject to hydrolysis) is 1. The molecule has 8 nitrogen and oxygen atoms in total. The summed E-state index contributed by atoms with van der Waals surface area (Å²) < 4.78 is 16.6. The van der Waals surface area contributed by atoms with E-state index >= 15 is 0 Å². The van der Waals surface area contributed by atoms with Gasteiger partial charge >= 0.3 is 6.09 Å². The molecular weight excluding hydrogens is 408 g/mol. The molecule has 32 heavy (non-hydrogen) atoms. The molecule has 3 N–H and O–H groups in total. The number of guanidine groups is 1. The average molecular weight is 443 g/mol. The molecule has 0 fully saturated rings. The molecule has 0 saturated carbocycles. The van der Waals surface area contributed by atoms with Gasteiger partial charge in [0, 0.05) is 26.7 Å². The monoisotopic (exact) mass is 442 g/mol. The van der Waals surface area contributed by atoms with Gasteiger partial charge in [-0.25, -0.2) is 4.79 Å². The van der Waals surface area contributed by atoms with Crippen LogP contribution < -0.4 is 25.4 Å². The van der Waals surface area contributed by atoms with Gasteiger partial charge < -0.3 is 30.2 Å². The first-order valence-electron chi connectivity index (χ1n) is 10.6. The number of aliphatic imine (C=N–C) groups is 1. The van der Waals surface area contributed by atoms with Crippen molar-refractivity contribution in [2.45, 2.75) is 39.5 Å². The van der Waals surface area contributed by atoms with Gasteiger partial charge in [0.25, 0.3) is 0 Å². The molecule has 0 radical (unpaired) electrons. The first-order valence-corrected chi connectivity index (χ1v) is 10.6. The molecule has 0 bridgehead atoms. The van der Waals surface area contributed by atoms with Crippen LogP contribution in [-0.2, 0) is 17.9 Å². The first kappa shape index (κ1) is 24.8. The van der Waals surface area contributed by atoms with E-state index in [1.54, 1.807) is 14.2 Å². The largest absolute Gasteiger partial charge is 0.493 e. The van der Waals surface area contributed by atoms with Crippen molar-refractivity contribution >= 4 is 12.1 Å². The van der Waals surface area contributed by atoms with Gasteiger partial charge in [0.05, 0.1) is 7.11 Å². The van der Waals surface area contributed by atoms with Crippen LogP contribution in [0.5, 0.6) is 11.5 Å². The molecule has 0 spiro atoms. The van der Waals surface area contributed by atoms with Crippen molar-refractivity contribution in [2.75, 3.05) is 27.2 Å². The predicted molar refractivity (Wildman–Crippen MR) is 126 cm³/mol. The molecule has 0 unspecified atom stereocenters. The number of ether oxygens (including phenoxy) is 3. The first-order chi connectivity index (χ1) is 15.3. The second-order valence-electron chi connectivity index (χ2n) is 8.04. The van der Waals surface area contributed by atoms with E-state index in [2.05, 4.69) is 20.9 Å². The molecule has 2 aromatic carbocycles. The fourth-order valence-electron chi connectivity index (χ4n) is 2.74. The fourth-order valence-corrected chi connectivity index (χ4v) is 2.74. The molecule has 0 heterocycles. The van der Waals surface area contributed by atoms with E-state index in [-0.39, 0.29) is 0 Å². The highest BCUT2D eigenvalue weighted by Gasteiger charge is 2.15. The second kappa shape index (κ2) is 12.4. The molecule has 0 atom stereocenters. The number of nitrogens with zero attached hydrogens (tertiary/aromatic N) is 1. The quantitative estimate of drug-likeness (QED) is 0.313. The summed E-state index contributed by atoms with van der Waals surface area (Å²) in [4.78, 5) is 15.9. The lowest BCUT2D eigenvalue weighted by molar-refractivity contribution is 0.0529. The predicted octanol–water partition coefficient (Wildman–Crippen LogP) is 3.46. The van der Waals surface area contributed by atoms with Gasteiger partial charge in [-0.3, -0.25) is 4.99 Å². The third-order valence-electron chi connectivity index (χ3n) is 4.23.